The predicted octanol–water partition coefficient (Wildman–Crippen LogP) is 3.76. The zero-order valence-corrected chi connectivity index (χ0v) is 16.7. The molecule has 1 aromatic carbocycles. The minimum Gasteiger partial charge on any atom is -0.342 e. The topological polar surface area (TPSA) is 57.3 Å². The van der Waals surface area contributed by atoms with Gasteiger partial charge in [-0.15, -0.1) is 11.3 Å². The molecule has 2 aromatic rings. The van der Waals surface area contributed by atoms with E-state index < -0.39 is 0 Å². The van der Waals surface area contributed by atoms with Crippen molar-refractivity contribution in [2.24, 2.45) is 5.92 Å². The summed E-state index contributed by atoms with van der Waals surface area (Å²) in [4.78, 5) is 21.4. The largest absolute Gasteiger partial charge is 0.342 e. The Kier molecular flexibility index (Phi) is 5.74. The molecule has 0 bridgehead atoms. The third-order valence-electron chi connectivity index (χ3n) is 5.70. The van der Waals surface area contributed by atoms with E-state index in [1.165, 1.54) is 4.88 Å². The number of aromatic nitrogens is 1. The Labute approximate surface area is 165 Å². The number of carbonyl (C=O) groups excluding carboxylic acids is 1. The summed E-state index contributed by atoms with van der Waals surface area (Å²) >= 11 is 1.70. The van der Waals surface area contributed by atoms with Gasteiger partial charge in [0, 0.05) is 23.7 Å². The van der Waals surface area contributed by atoms with Crippen LogP contribution in [-0.4, -0.2) is 42.5 Å². The molecule has 27 heavy (non-hydrogen) atoms. The summed E-state index contributed by atoms with van der Waals surface area (Å²) in [5.74, 6) is 0.925. The van der Waals surface area contributed by atoms with Crippen LogP contribution in [0.5, 0.6) is 0 Å². The molecule has 1 amide bonds. The maximum atomic E-state index is 13.2. The number of carbonyl (C=O) groups is 1. The number of amides is 1. The van der Waals surface area contributed by atoms with Gasteiger partial charge in [0.2, 0.25) is 5.91 Å². The standard InChI is InChI=1S/C21H28N4OS/c1-22-14-15-10-12-25(13-11-15)20(26)17-8-5-9-18-19(17)24-21(27-18)23-16-6-3-2-4-7-16/h2-4,6-7,15,17,22H,5,8-14H2,1H3,(H,23,24). The highest BCUT2D eigenvalue weighted by Crippen LogP contribution is 2.39. The van der Waals surface area contributed by atoms with Crippen LogP contribution < -0.4 is 10.6 Å². The molecule has 0 saturated carbocycles. The molecule has 1 unspecified atom stereocenters. The Balaban J connectivity index is 1.46. The Bertz CT molecular complexity index is 768. The van der Waals surface area contributed by atoms with Gasteiger partial charge in [0.15, 0.2) is 5.13 Å². The summed E-state index contributed by atoms with van der Waals surface area (Å²) in [7, 11) is 2.00. The lowest BCUT2D eigenvalue weighted by Crippen LogP contribution is -2.43. The van der Waals surface area contributed by atoms with Gasteiger partial charge < -0.3 is 15.5 Å². The molecule has 2 heterocycles. The van der Waals surface area contributed by atoms with Crippen LogP contribution in [0, 0.1) is 5.92 Å². The highest BCUT2D eigenvalue weighted by molar-refractivity contribution is 7.15. The van der Waals surface area contributed by atoms with Crippen LogP contribution in [0.25, 0.3) is 0 Å². The molecule has 1 aliphatic heterocycles. The van der Waals surface area contributed by atoms with Crippen LogP contribution >= 0.6 is 11.3 Å². The van der Waals surface area contributed by atoms with E-state index >= 15 is 0 Å². The average Bonchev–Trinajstić information content (AvgIpc) is 3.11. The van der Waals surface area contributed by atoms with E-state index in [0.717, 1.165) is 68.3 Å². The quantitative estimate of drug-likeness (QED) is 0.824. The fourth-order valence-corrected chi connectivity index (χ4v) is 5.31. The normalized spacial score (nSPS) is 20.3. The molecule has 1 fully saturated rings. The molecule has 1 atom stereocenters. The van der Waals surface area contributed by atoms with Crippen molar-refractivity contribution in [3.8, 4) is 0 Å². The second kappa shape index (κ2) is 8.40. The average molecular weight is 385 g/mol. The first-order valence-corrected chi connectivity index (χ1v) is 10.8. The van der Waals surface area contributed by atoms with Crippen molar-refractivity contribution in [2.75, 3.05) is 32.0 Å². The Morgan fingerprint density at radius 2 is 2.00 bits per heavy atom. The lowest BCUT2D eigenvalue weighted by molar-refractivity contribution is -0.134. The number of rotatable bonds is 5. The minimum atomic E-state index is -0.0582. The number of fused-ring (bicyclic) bond motifs is 1. The fraction of sp³-hybridized carbons (Fsp3) is 0.524. The third kappa shape index (κ3) is 4.17. The van der Waals surface area contributed by atoms with Crippen LogP contribution in [0.2, 0.25) is 0 Å². The van der Waals surface area contributed by atoms with E-state index in [-0.39, 0.29) is 11.8 Å². The lowest BCUT2D eigenvalue weighted by atomic mass is 9.88. The summed E-state index contributed by atoms with van der Waals surface area (Å²) in [6.45, 7) is 2.82. The number of nitrogens with one attached hydrogen (secondary N) is 2. The van der Waals surface area contributed by atoms with Crippen LogP contribution in [0.1, 0.15) is 42.2 Å². The van der Waals surface area contributed by atoms with Crippen molar-refractivity contribution in [1.29, 1.82) is 0 Å². The molecule has 1 saturated heterocycles. The molecule has 0 spiro atoms. The van der Waals surface area contributed by atoms with Crippen LogP contribution in [-0.2, 0) is 11.2 Å². The van der Waals surface area contributed by atoms with Gasteiger partial charge in [0.25, 0.3) is 0 Å². The van der Waals surface area contributed by atoms with E-state index in [1.54, 1.807) is 11.3 Å². The maximum absolute atomic E-state index is 13.2. The van der Waals surface area contributed by atoms with Gasteiger partial charge in [-0.05, 0) is 63.7 Å². The Morgan fingerprint density at radius 3 is 2.74 bits per heavy atom. The number of hydrogen-bond donors (Lipinski definition) is 2. The smallest absolute Gasteiger partial charge is 0.231 e. The molecule has 2 aliphatic rings. The number of anilines is 2. The number of thiazole rings is 1. The second-order valence-electron chi connectivity index (χ2n) is 7.59. The van der Waals surface area contributed by atoms with E-state index in [4.69, 9.17) is 4.98 Å². The SMILES string of the molecule is CNCC1CCN(C(=O)C2CCCc3sc(Nc4ccccc4)nc32)CC1. The van der Waals surface area contributed by atoms with Crippen LogP contribution in [0.15, 0.2) is 30.3 Å². The third-order valence-corrected chi connectivity index (χ3v) is 6.74. The van der Waals surface area contributed by atoms with Gasteiger partial charge in [0.1, 0.15) is 0 Å². The number of aryl methyl sites for hydroxylation is 1. The van der Waals surface area contributed by atoms with Crippen molar-refractivity contribution in [1.82, 2.24) is 15.2 Å². The summed E-state index contributed by atoms with van der Waals surface area (Å²) in [5.41, 5.74) is 2.06. The number of nitrogens with zero attached hydrogens (tertiary/aromatic N) is 2. The first kappa shape index (κ1) is 18.4. The summed E-state index contributed by atoms with van der Waals surface area (Å²) in [5, 5.41) is 7.56. The van der Waals surface area contributed by atoms with E-state index in [9.17, 15) is 4.79 Å². The second-order valence-corrected chi connectivity index (χ2v) is 8.67. The van der Waals surface area contributed by atoms with Crippen LogP contribution in [0.4, 0.5) is 10.8 Å². The van der Waals surface area contributed by atoms with Gasteiger partial charge in [0.05, 0.1) is 11.6 Å². The van der Waals surface area contributed by atoms with E-state index in [2.05, 4.69) is 15.5 Å². The lowest BCUT2D eigenvalue weighted by Gasteiger charge is -2.34. The molecule has 5 nitrogen and oxygen atoms in total. The molecule has 0 radical (unpaired) electrons. The van der Waals surface area contributed by atoms with Crippen molar-refractivity contribution in [3.05, 3.63) is 40.9 Å². The molecule has 1 aromatic heterocycles. The van der Waals surface area contributed by atoms with Crippen LogP contribution in [0.3, 0.4) is 0 Å². The van der Waals surface area contributed by atoms with Gasteiger partial charge in [-0.3, -0.25) is 4.79 Å². The monoisotopic (exact) mass is 384 g/mol. The molecule has 144 valence electrons. The summed E-state index contributed by atoms with van der Waals surface area (Å²) < 4.78 is 0. The van der Waals surface area contributed by atoms with Crippen molar-refractivity contribution in [2.45, 2.75) is 38.0 Å². The number of hydrogen-bond acceptors (Lipinski definition) is 5. The molecule has 2 N–H and O–H groups in total. The Morgan fingerprint density at radius 1 is 1.22 bits per heavy atom. The number of para-hydroxylation sites is 1. The van der Waals surface area contributed by atoms with Gasteiger partial charge in [-0.25, -0.2) is 4.98 Å². The number of piperidine rings is 1. The van der Waals surface area contributed by atoms with Gasteiger partial charge in [-0.1, -0.05) is 18.2 Å². The highest BCUT2D eigenvalue weighted by atomic mass is 32.1. The summed E-state index contributed by atoms with van der Waals surface area (Å²) in [6.07, 6.45) is 5.24. The van der Waals surface area contributed by atoms with Gasteiger partial charge in [-0.2, -0.15) is 0 Å². The zero-order chi connectivity index (χ0) is 18.6. The van der Waals surface area contributed by atoms with E-state index in [1.807, 2.05) is 37.4 Å². The molecular weight excluding hydrogens is 356 g/mol. The van der Waals surface area contributed by atoms with Crippen molar-refractivity contribution >= 4 is 28.1 Å². The highest BCUT2D eigenvalue weighted by Gasteiger charge is 2.34. The zero-order valence-electron chi connectivity index (χ0n) is 15.9. The molecule has 6 heteroatoms. The predicted molar refractivity (Wildman–Crippen MR) is 111 cm³/mol. The molecule has 4 rings (SSSR count). The molecular formula is C21H28N4OS. The van der Waals surface area contributed by atoms with E-state index in [0.29, 0.717) is 5.92 Å². The molecule has 1 aliphatic carbocycles. The number of likely N-dealkylation sites (tertiary alicyclic amines) is 1. The maximum Gasteiger partial charge on any atom is 0.231 e. The van der Waals surface area contributed by atoms with Crippen molar-refractivity contribution < 1.29 is 4.79 Å². The summed E-state index contributed by atoms with van der Waals surface area (Å²) in [6, 6.07) is 10.1. The number of benzene rings is 1. The van der Waals surface area contributed by atoms with Crippen molar-refractivity contribution in [3.63, 3.8) is 0 Å². The Hall–Kier alpha value is -1.92. The first-order chi connectivity index (χ1) is 13.2. The first-order valence-electron chi connectivity index (χ1n) is 9.99. The van der Waals surface area contributed by atoms with Gasteiger partial charge >= 0.3 is 0 Å². The fourth-order valence-electron chi connectivity index (χ4n) is 4.22. The minimum absolute atomic E-state index is 0.0582.